The number of ether oxygens (including phenoxy) is 2. The first-order chi connectivity index (χ1) is 33.0. The van der Waals surface area contributed by atoms with Crippen LogP contribution in [-0.4, -0.2) is 106 Å². The highest BCUT2D eigenvalue weighted by Crippen LogP contribution is 2.39. The number of hydrogen-bond acceptors (Lipinski definition) is 9. The summed E-state index contributed by atoms with van der Waals surface area (Å²) in [7, 11) is 5.42. The van der Waals surface area contributed by atoms with Crippen LogP contribution < -0.4 is 11.1 Å². The summed E-state index contributed by atoms with van der Waals surface area (Å²) >= 11 is 0. The lowest BCUT2D eigenvalue weighted by Gasteiger charge is -2.13. The second kappa shape index (κ2) is 19.7. The van der Waals surface area contributed by atoms with Gasteiger partial charge in [-0.1, -0.05) is 72.8 Å². The number of carbonyl (C=O) groups is 5. The van der Waals surface area contributed by atoms with Crippen LogP contribution in [0.15, 0.2) is 110 Å². The molecule has 348 valence electrons. The first-order valence-corrected chi connectivity index (χ1v) is 22.8. The zero-order valence-electron chi connectivity index (χ0n) is 38.4. The molecule has 4 aromatic carbocycles. The van der Waals surface area contributed by atoms with Gasteiger partial charge in [0.25, 0.3) is 17.6 Å². The van der Waals surface area contributed by atoms with Crippen LogP contribution in [-0.2, 0) is 61.3 Å². The van der Waals surface area contributed by atoms with Gasteiger partial charge in [-0.2, -0.15) is 0 Å². The van der Waals surface area contributed by atoms with E-state index in [0.29, 0.717) is 23.1 Å². The summed E-state index contributed by atoms with van der Waals surface area (Å²) in [6, 6.07) is 27.8. The highest BCUT2D eigenvalue weighted by Gasteiger charge is 2.35. The van der Waals surface area contributed by atoms with Gasteiger partial charge in [0.2, 0.25) is 5.91 Å². The Hall–Kier alpha value is -7.59. The smallest absolute Gasteiger partial charge is 0.379 e. The number of ketones is 1. The molecule has 12 rings (SSSR count). The number of aromatic amines is 2. The fourth-order valence-corrected chi connectivity index (χ4v) is 9.59. The molecule has 68 heavy (non-hydrogen) atoms. The monoisotopic (exact) mass is 914 g/mol. The van der Waals surface area contributed by atoms with Crippen molar-refractivity contribution in [1.29, 1.82) is 0 Å². The number of benzene rings is 4. The zero-order chi connectivity index (χ0) is 47.5. The minimum atomic E-state index is -0.816. The summed E-state index contributed by atoms with van der Waals surface area (Å²) in [5.41, 5.74) is 15.6. The largest absolute Gasteiger partial charge is 0.463 e. The van der Waals surface area contributed by atoms with E-state index in [1.54, 1.807) is 6.20 Å². The third kappa shape index (κ3) is 9.10. The molecular formula is C53H54N8O7. The Balaban J connectivity index is 0.000000130. The van der Waals surface area contributed by atoms with Crippen LogP contribution >= 0.6 is 0 Å². The van der Waals surface area contributed by atoms with Crippen LogP contribution in [0.4, 0.5) is 0 Å². The number of primary amides is 1. The molecule has 0 spiro atoms. The minimum Gasteiger partial charge on any atom is -0.463 e. The van der Waals surface area contributed by atoms with E-state index in [0.717, 1.165) is 113 Å². The zero-order valence-corrected chi connectivity index (χ0v) is 38.4. The molecule has 0 unspecified atom stereocenters. The molecule has 3 amide bonds. The van der Waals surface area contributed by atoms with Crippen LogP contribution in [0.2, 0.25) is 0 Å². The molecular weight excluding hydrogens is 861 g/mol. The van der Waals surface area contributed by atoms with Gasteiger partial charge in [-0.05, 0) is 55.8 Å². The van der Waals surface area contributed by atoms with E-state index in [1.165, 1.54) is 31.1 Å². The van der Waals surface area contributed by atoms with Crippen LogP contribution in [0.1, 0.15) is 51.0 Å². The van der Waals surface area contributed by atoms with Gasteiger partial charge < -0.3 is 44.1 Å². The van der Waals surface area contributed by atoms with Crippen molar-refractivity contribution in [3.63, 3.8) is 0 Å². The van der Waals surface area contributed by atoms with E-state index < -0.39 is 11.8 Å². The average molecular weight is 915 g/mol. The predicted molar refractivity (Wildman–Crippen MR) is 262 cm³/mol. The van der Waals surface area contributed by atoms with Gasteiger partial charge in [-0.3, -0.25) is 24.5 Å². The predicted octanol–water partition coefficient (Wildman–Crippen LogP) is 6.57. The SMILES string of the molecule is C1CCOC1.CN1CCn2cc(C3=C(c4c[nH]c5ccccc45)C(=O)NC3=O)c3cccc(c32)C1.COC(=O)C(=O)c1cn2c3c(cccc13)CN(C)CC2.NC(=O)Cc1c[nH]c2ccccc12. The lowest BCUT2D eigenvalue weighted by Crippen LogP contribution is -2.22. The Morgan fingerprint density at radius 1 is 0.647 bits per heavy atom. The van der Waals surface area contributed by atoms with Gasteiger partial charge in [0, 0.05) is 121 Å². The van der Waals surface area contributed by atoms with Crippen LogP contribution in [0.5, 0.6) is 0 Å². The summed E-state index contributed by atoms with van der Waals surface area (Å²) < 4.78 is 13.8. The molecule has 0 aliphatic carbocycles. The number of rotatable bonds is 6. The minimum absolute atomic E-state index is 0.296. The van der Waals surface area contributed by atoms with Crippen LogP contribution in [0.3, 0.4) is 0 Å². The summed E-state index contributed by atoms with van der Waals surface area (Å²) in [6.45, 7) is 7.18. The molecule has 4 aliphatic rings. The number of fused-ring (bicyclic) bond motifs is 2. The third-order valence-corrected chi connectivity index (χ3v) is 12.8. The summed E-state index contributed by atoms with van der Waals surface area (Å²) in [6.07, 6.45) is 10.3. The first-order valence-electron chi connectivity index (χ1n) is 22.8. The second-order valence-corrected chi connectivity index (χ2v) is 17.5. The molecule has 5 N–H and O–H groups in total. The Kier molecular flexibility index (Phi) is 13.2. The fraction of sp³-hybridized carbons (Fsp3) is 0.264. The molecule has 0 saturated carbocycles. The van der Waals surface area contributed by atoms with Crippen molar-refractivity contribution in [3.05, 3.63) is 143 Å². The number of likely N-dealkylation sites (N-methyl/N-ethyl adjacent to an activating group) is 2. The molecule has 0 atom stereocenters. The molecule has 4 aromatic heterocycles. The quantitative estimate of drug-likeness (QED) is 0.0619. The van der Waals surface area contributed by atoms with E-state index in [2.05, 4.69) is 65.2 Å². The van der Waals surface area contributed by atoms with Gasteiger partial charge in [0.15, 0.2) is 0 Å². The van der Waals surface area contributed by atoms with E-state index in [4.69, 9.17) is 10.5 Å². The van der Waals surface area contributed by atoms with Crippen molar-refractivity contribution in [2.24, 2.45) is 5.73 Å². The maximum absolute atomic E-state index is 13.0. The van der Waals surface area contributed by atoms with Gasteiger partial charge in [-0.25, -0.2) is 4.79 Å². The maximum Gasteiger partial charge on any atom is 0.379 e. The molecule has 1 fully saturated rings. The number of nitrogens with zero attached hydrogens (tertiary/aromatic N) is 4. The normalized spacial score (nSPS) is 15.8. The number of hydrogen-bond donors (Lipinski definition) is 4. The number of nitrogens with two attached hydrogens (primary N) is 1. The second-order valence-electron chi connectivity index (χ2n) is 17.5. The molecule has 0 radical (unpaired) electrons. The Morgan fingerprint density at radius 2 is 1.19 bits per heavy atom. The number of carbonyl (C=O) groups excluding carboxylic acids is 5. The van der Waals surface area contributed by atoms with E-state index in [-0.39, 0.29) is 17.7 Å². The molecule has 4 aliphatic heterocycles. The van der Waals surface area contributed by atoms with Crippen molar-refractivity contribution in [1.82, 2.24) is 34.2 Å². The van der Waals surface area contributed by atoms with Crippen molar-refractivity contribution in [3.8, 4) is 0 Å². The highest BCUT2D eigenvalue weighted by atomic mass is 16.5. The number of aromatic nitrogens is 4. The standard InChI is InChI=1S/C24H20N4O2.C15H16N2O3.C10H10N2O.C4H8O/c1-27-9-10-28-13-18(16-7-4-5-14(12-27)22(16)28)21-20(23(29)26-24(21)30)17-11-25-19-8-3-2-6-15(17)19;1-16-6-7-17-9-12(14(18)15(19)20-2)11-5-3-4-10(8-16)13(11)17;11-10(13)5-7-6-12-9-4-2-1-3-8(7)9;1-2-4-5-3-1/h2-8,11,13,25H,9-10,12H2,1H3,(H,26,29,30);3-5,9H,6-8H2,1-2H3;1-4,6,12H,5H2,(H2,11,13);1-4H2. The van der Waals surface area contributed by atoms with Crippen molar-refractivity contribution in [2.75, 3.05) is 47.5 Å². The van der Waals surface area contributed by atoms with Crippen molar-refractivity contribution < 1.29 is 33.4 Å². The van der Waals surface area contributed by atoms with Crippen LogP contribution in [0.25, 0.3) is 54.8 Å². The number of amides is 3. The summed E-state index contributed by atoms with van der Waals surface area (Å²) in [5.74, 6) is -2.38. The maximum atomic E-state index is 13.0. The molecule has 8 heterocycles. The number of esters is 1. The Bertz CT molecular complexity index is 3270. The van der Waals surface area contributed by atoms with Gasteiger partial charge in [0.1, 0.15) is 0 Å². The van der Waals surface area contributed by atoms with Crippen molar-refractivity contribution >= 4 is 84.2 Å². The Labute approximate surface area is 392 Å². The molecule has 8 aromatic rings. The molecule has 1 saturated heterocycles. The number of methoxy groups -OCH3 is 1. The summed E-state index contributed by atoms with van der Waals surface area (Å²) in [4.78, 5) is 71.0. The Morgan fingerprint density at radius 3 is 1.81 bits per heavy atom. The lowest BCUT2D eigenvalue weighted by molar-refractivity contribution is -0.135. The van der Waals surface area contributed by atoms with Gasteiger partial charge in [0.05, 0.1) is 41.3 Å². The highest BCUT2D eigenvalue weighted by molar-refractivity contribution is 6.51. The third-order valence-electron chi connectivity index (χ3n) is 12.8. The fourth-order valence-electron chi connectivity index (χ4n) is 9.59. The van der Waals surface area contributed by atoms with Gasteiger partial charge in [-0.15, -0.1) is 0 Å². The number of para-hydroxylation sites is 4. The molecule has 15 heteroatoms. The van der Waals surface area contributed by atoms with E-state index >= 15 is 0 Å². The molecule has 15 nitrogen and oxygen atoms in total. The lowest BCUT2D eigenvalue weighted by atomic mass is 9.95. The van der Waals surface area contributed by atoms with E-state index in [9.17, 15) is 24.0 Å². The summed E-state index contributed by atoms with van der Waals surface area (Å²) in [5, 5.41) is 6.37. The molecule has 0 bridgehead atoms. The van der Waals surface area contributed by atoms with Crippen molar-refractivity contribution in [2.45, 2.75) is 45.4 Å². The topological polar surface area (TPSA) is 190 Å². The number of imide groups is 1. The van der Waals surface area contributed by atoms with E-state index in [1.807, 2.05) is 91.4 Å². The average Bonchev–Trinajstić information content (AvgIpc) is 4.21. The number of Topliss-reactive ketones (excluding diaryl/α,β-unsaturated/α-hetero) is 1. The number of H-pyrrole nitrogens is 2. The number of nitrogens with one attached hydrogen (secondary N) is 3. The van der Waals surface area contributed by atoms with Gasteiger partial charge >= 0.3 is 5.97 Å². The first kappa shape index (κ1) is 45.6. The van der Waals surface area contributed by atoms with Crippen LogP contribution in [0, 0.1) is 0 Å².